The number of para-hydroxylation sites is 1. The minimum Gasteiger partial charge on any atom is -0.405 e. The van der Waals surface area contributed by atoms with Crippen LogP contribution < -0.4 is 15.4 Å². The largest absolute Gasteiger partial charge is 0.573 e. The average Bonchev–Trinajstić information content (AvgIpc) is 2.95. The van der Waals surface area contributed by atoms with Crippen molar-refractivity contribution in [2.45, 2.75) is 64.9 Å². The standard InChI is InChI=1S/C21H29F3N6O/c1-2-25-20(27-15-16-9-5-6-10-17(16)31-21(22,23)24)26-13-8-12-19-29-28-18-11-4-3-7-14-30(18)19/h5-6,9-10H,2-4,7-8,11-15H2,1H3,(H2,25,26,27). The fourth-order valence-electron chi connectivity index (χ4n) is 3.55. The summed E-state index contributed by atoms with van der Waals surface area (Å²) in [5.74, 6) is 2.40. The molecule has 2 N–H and O–H groups in total. The normalized spacial score (nSPS) is 14.6. The fourth-order valence-corrected chi connectivity index (χ4v) is 3.55. The Labute approximate surface area is 180 Å². The van der Waals surface area contributed by atoms with E-state index in [2.05, 4.69) is 35.1 Å². The third kappa shape index (κ3) is 7.15. The van der Waals surface area contributed by atoms with E-state index >= 15 is 0 Å². The summed E-state index contributed by atoms with van der Waals surface area (Å²) >= 11 is 0. The maximum atomic E-state index is 12.6. The average molecular weight is 438 g/mol. The highest BCUT2D eigenvalue weighted by atomic mass is 19.4. The van der Waals surface area contributed by atoms with Crippen molar-refractivity contribution >= 4 is 5.96 Å². The predicted molar refractivity (Wildman–Crippen MR) is 112 cm³/mol. The summed E-state index contributed by atoms with van der Waals surface area (Å²) < 4.78 is 44.1. The van der Waals surface area contributed by atoms with Crippen molar-refractivity contribution in [3.8, 4) is 5.75 Å². The van der Waals surface area contributed by atoms with Crippen LogP contribution in [0.25, 0.3) is 0 Å². The molecule has 0 spiro atoms. The molecule has 2 heterocycles. The van der Waals surface area contributed by atoms with E-state index in [1.807, 2.05) is 6.92 Å². The molecule has 3 rings (SSSR count). The summed E-state index contributed by atoms with van der Waals surface area (Å²) in [5.41, 5.74) is 0.364. The molecule has 170 valence electrons. The Balaban J connectivity index is 1.54. The molecule has 1 aliphatic rings. The fraction of sp³-hybridized carbons (Fsp3) is 0.571. The lowest BCUT2D eigenvalue weighted by Crippen LogP contribution is -2.38. The number of aliphatic imine (C=N–C) groups is 1. The molecule has 0 saturated carbocycles. The number of nitrogens with one attached hydrogen (secondary N) is 2. The Kier molecular flexibility index (Phi) is 8.13. The summed E-state index contributed by atoms with van der Waals surface area (Å²) in [5, 5.41) is 15.0. The molecule has 0 amide bonds. The van der Waals surface area contributed by atoms with Crippen LogP contribution >= 0.6 is 0 Å². The molecule has 1 aromatic carbocycles. The number of guanidine groups is 1. The Hall–Kier alpha value is -2.78. The summed E-state index contributed by atoms with van der Waals surface area (Å²) in [6, 6.07) is 6.03. The van der Waals surface area contributed by atoms with Gasteiger partial charge in [-0.05, 0) is 32.3 Å². The van der Waals surface area contributed by atoms with Crippen LogP contribution in [0.4, 0.5) is 13.2 Å². The maximum Gasteiger partial charge on any atom is 0.573 e. The van der Waals surface area contributed by atoms with Crippen molar-refractivity contribution in [2.75, 3.05) is 13.1 Å². The number of aromatic nitrogens is 3. The molecule has 2 aromatic rings. The van der Waals surface area contributed by atoms with Crippen LogP contribution in [0.3, 0.4) is 0 Å². The number of rotatable bonds is 8. The van der Waals surface area contributed by atoms with E-state index in [0.717, 1.165) is 43.9 Å². The first kappa shape index (κ1) is 22.9. The summed E-state index contributed by atoms with van der Waals surface area (Å²) in [6.07, 6.45) is 1.46. The van der Waals surface area contributed by atoms with Gasteiger partial charge in [-0.15, -0.1) is 23.4 Å². The van der Waals surface area contributed by atoms with Crippen LogP contribution in [-0.4, -0.2) is 40.2 Å². The van der Waals surface area contributed by atoms with E-state index in [9.17, 15) is 13.2 Å². The van der Waals surface area contributed by atoms with Gasteiger partial charge in [0.05, 0.1) is 6.54 Å². The molecular weight excluding hydrogens is 409 g/mol. The highest BCUT2D eigenvalue weighted by molar-refractivity contribution is 5.79. The molecule has 0 fully saturated rings. The lowest BCUT2D eigenvalue weighted by Gasteiger charge is -2.14. The number of benzene rings is 1. The van der Waals surface area contributed by atoms with Gasteiger partial charge in [0.15, 0.2) is 5.96 Å². The molecule has 1 aromatic heterocycles. The molecule has 7 nitrogen and oxygen atoms in total. The van der Waals surface area contributed by atoms with E-state index in [4.69, 9.17) is 0 Å². The zero-order valence-corrected chi connectivity index (χ0v) is 17.7. The molecule has 0 bridgehead atoms. The van der Waals surface area contributed by atoms with Crippen molar-refractivity contribution in [3.05, 3.63) is 41.5 Å². The highest BCUT2D eigenvalue weighted by Gasteiger charge is 2.31. The molecule has 10 heteroatoms. The van der Waals surface area contributed by atoms with Crippen molar-refractivity contribution in [2.24, 2.45) is 4.99 Å². The smallest absolute Gasteiger partial charge is 0.405 e. The second kappa shape index (κ2) is 11.0. The lowest BCUT2D eigenvalue weighted by molar-refractivity contribution is -0.274. The number of ether oxygens (including phenoxy) is 1. The van der Waals surface area contributed by atoms with Crippen molar-refractivity contribution in [1.29, 1.82) is 0 Å². The van der Waals surface area contributed by atoms with E-state index in [0.29, 0.717) is 24.6 Å². The van der Waals surface area contributed by atoms with Crippen LogP contribution in [-0.2, 0) is 25.9 Å². The lowest BCUT2D eigenvalue weighted by atomic mass is 10.2. The van der Waals surface area contributed by atoms with Gasteiger partial charge in [-0.3, -0.25) is 0 Å². The number of hydrogen-bond donors (Lipinski definition) is 2. The van der Waals surface area contributed by atoms with Gasteiger partial charge in [0.1, 0.15) is 17.4 Å². The van der Waals surface area contributed by atoms with Crippen LogP contribution in [0.5, 0.6) is 5.75 Å². The number of hydrogen-bond acceptors (Lipinski definition) is 4. The van der Waals surface area contributed by atoms with Gasteiger partial charge >= 0.3 is 6.36 Å². The van der Waals surface area contributed by atoms with Crippen molar-refractivity contribution in [1.82, 2.24) is 25.4 Å². The zero-order chi connectivity index (χ0) is 22.1. The molecule has 0 saturated heterocycles. The minimum absolute atomic E-state index is 0.0687. The van der Waals surface area contributed by atoms with E-state index in [-0.39, 0.29) is 12.3 Å². The quantitative estimate of drug-likeness (QED) is 0.374. The molecule has 1 aliphatic heterocycles. The molecule has 0 aliphatic carbocycles. The van der Waals surface area contributed by atoms with Crippen molar-refractivity contribution < 1.29 is 17.9 Å². The Morgan fingerprint density at radius 3 is 2.81 bits per heavy atom. The summed E-state index contributed by atoms with van der Waals surface area (Å²) in [6.45, 7) is 4.29. The highest BCUT2D eigenvalue weighted by Crippen LogP contribution is 2.26. The van der Waals surface area contributed by atoms with Gasteiger partial charge in [-0.25, -0.2) is 4.99 Å². The van der Waals surface area contributed by atoms with E-state index < -0.39 is 6.36 Å². The summed E-state index contributed by atoms with van der Waals surface area (Å²) in [4.78, 5) is 4.41. The maximum absolute atomic E-state index is 12.6. The molecule has 0 atom stereocenters. The minimum atomic E-state index is -4.73. The van der Waals surface area contributed by atoms with Gasteiger partial charge in [-0.1, -0.05) is 24.6 Å². The number of halogens is 3. The first-order valence-corrected chi connectivity index (χ1v) is 10.7. The van der Waals surface area contributed by atoms with Crippen LogP contribution in [0.15, 0.2) is 29.3 Å². The van der Waals surface area contributed by atoms with Gasteiger partial charge in [0.2, 0.25) is 0 Å². The summed E-state index contributed by atoms with van der Waals surface area (Å²) in [7, 11) is 0. The molecule has 0 unspecified atom stereocenters. The van der Waals surface area contributed by atoms with Crippen molar-refractivity contribution in [3.63, 3.8) is 0 Å². The zero-order valence-electron chi connectivity index (χ0n) is 17.7. The first-order chi connectivity index (χ1) is 15.0. The van der Waals surface area contributed by atoms with Crippen LogP contribution in [0.2, 0.25) is 0 Å². The monoisotopic (exact) mass is 438 g/mol. The second-order valence-corrected chi connectivity index (χ2v) is 7.38. The third-order valence-electron chi connectivity index (χ3n) is 5.01. The predicted octanol–water partition coefficient (Wildman–Crippen LogP) is 3.59. The van der Waals surface area contributed by atoms with Gasteiger partial charge < -0.3 is 19.9 Å². The van der Waals surface area contributed by atoms with Gasteiger partial charge in [0, 0.05) is 38.0 Å². The number of alkyl halides is 3. The Bertz CT molecular complexity index is 865. The van der Waals surface area contributed by atoms with Gasteiger partial charge in [0.25, 0.3) is 0 Å². The van der Waals surface area contributed by atoms with Crippen LogP contribution in [0, 0.1) is 0 Å². The topological polar surface area (TPSA) is 76.4 Å². The number of aryl methyl sites for hydroxylation is 2. The first-order valence-electron chi connectivity index (χ1n) is 10.7. The molecule has 0 radical (unpaired) electrons. The van der Waals surface area contributed by atoms with E-state index in [1.54, 1.807) is 12.1 Å². The van der Waals surface area contributed by atoms with E-state index in [1.165, 1.54) is 25.0 Å². The third-order valence-corrected chi connectivity index (χ3v) is 5.01. The molecular formula is C21H29F3N6O. The SMILES string of the molecule is CCNC(=NCc1ccccc1OC(F)(F)F)NCCCc1nnc2n1CCCCC2. The Morgan fingerprint density at radius 2 is 2.00 bits per heavy atom. The Morgan fingerprint density at radius 1 is 1.16 bits per heavy atom. The van der Waals surface area contributed by atoms with Gasteiger partial charge in [-0.2, -0.15) is 0 Å². The number of nitrogens with zero attached hydrogens (tertiary/aromatic N) is 4. The van der Waals surface area contributed by atoms with Crippen LogP contribution in [0.1, 0.15) is 49.8 Å². The molecule has 31 heavy (non-hydrogen) atoms. The second-order valence-electron chi connectivity index (χ2n) is 7.38. The number of fused-ring (bicyclic) bond motifs is 1.